The second-order valence-electron chi connectivity index (χ2n) is 2.50. The highest BCUT2D eigenvalue weighted by Gasteiger charge is 1.99. The summed E-state index contributed by atoms with van der Waals surface area (Å²) in [5, 5.41) is 9.80. The van der Waals surface area contributed by atoms with Gasteiger partial charge >= 0.3 is 0 Å². The normalized spacial score (nSPS) is 11.2. The van der Waals surface area contributed by atoms with Crippen molar-refractivity contribution in [1.29, 1.82) is 0 Å². The van der Waals surface area contributed by atoms with Crippen molar-refractivity contribution < 1.29 is 0 Å². The van der Waals surface area contributed by atoms with E-state index in [1.54, 1.807) is 0 Å². The third-order valence-electron chi connectivity index (χ3n) is 1.59. The van der Waals surface area contributed by atoms with Gasteiger partial charge in [0.05, 0.1) is 6.20 Å². The molecule has 0 bridgehead atoms. The summed E-state index contributed by atoms with van der Waals surface area (Å²) >= 11 is 0. The van der Waals surface area contributed by atoms with Gasteiger partial charge in [-0.15, -0.1) is 24.8 Å². The van der Waals surface area contributed by atoms with E-state index >= 15 is 0 Å². The van der Waals surface area contributed by atoms with Gasteiger partial charge in [-0.1, -0.05) is 0 Å². The van der Waals surface area contributed by atoms with Crippen LogP contribution in [0.1, 0.15) is 12.5 Å². The van der Waals surface area contributed by atoms with Gasteiger partial charge in [-0.2, -0.15) is 5.10 Å². The van der Waals surface area contributed by atoms with Crippen LogP contribution in [-0.4, -0.2) is 23.3 Å². The Hall–Kier alpha value is -0.250. The molecule has 1 atom stereocenters. The summed E-state index contributed by atoms with van der Waals surface area (Å²) in [5.41, 5.74) is 1.25. The molecule has 0 saturated carbocycles. The first-order valence-corrected chi connectivity index (χ1v) is 3.48. The minimum Gasteiger partial charge on any atom is -0.317 e. The second-order valence-corrected chi connectivity index (χ2v) is 2.50. The van der Waals surface area contributed by atoms with Crippen molar-refractivity contribution in [3.8, 4) is 0 Å². The molecule has 3 nitrogen and oxygen atoms in total. The van der Waals surface area contributed by atoms with Gasteiger partial charge in [0.1, 0.15) is 0 Å². The van der Waals surface area contributed by atoms with E-state index in [1.807, 2.05) is 19.4 Å². The summed E-state index contributed by atoms with van der Waals surface area (Å²) in [4.78, 5) is 0. The van der Waals surface area contributed by atoms with Crippen molar-refractivity contribution in [1.82, 2.24) is 15.5 Å². The number of nitrogens with zero attached hydrogens (tertiary/aromatic N) is 1. The average Bonchev–Trinajstić information content (AvgIpc) is 2.40. The molecule has 0 amide bonds. The van der Waals surface area contributed by atoms with E-state index < -0.39 is 0 Å². The summed E-state index contributed by atoms with van der Waals surface area (Å²) < 4.78 is 0. The van der Waals surface area contributed by atoms with Crippen molar-refractivity contribution in [3.05, 3.63) is 18.0 Å². The van der Waals surface area contributed by atoms with Gasteiger partial charge in [-0.3, -0.25) is 5.10 Å². The molecule has 2 N–H and O–H groups in total. The van der Waals surface area contributed by atoms with E-state index in [4.69, 9.17) is 0 Å². The number of likely N-dealkylation sites (N-methyl/N-ethyl adjacent to an activating group) is 1. The summed E-state index contributed by atoms with van der Waals surface area (Å²) in [6.45, 7) is 2.15. The molecule has 5 heteroatoms. The van der Waals surface area contributed by atoms with Crippen LogP contribution in [0.5, 0.6) is 0 Å². The Bertz CT molecular complexity index is 177. The lowest BCUT2D eigenvalue weighted by molar-refractivity contribution is 0.609. The molecular weight excluding hydrogens is 197 g/mol. The Balaban J connectivity index is 0. The van der Waals surface area contributed by atoms with E-state index in [1.165, 1.54) is 5.56 Å². The number of rotatable bonds is 3. The smallest absolute Gasteiger partial charge is 0.0519 e. The molecule has 1 heterocycles. The van der Waals surface area contributed by atoms with Crippen molar-refractivity contribution in [2.45, 2.75) is 19.4 Å². The quantitative estimate of drug-likeness (QED) is 0.795. The number of aromatic amines is 1. The number of halogens is 2. The van der Waals surface area contributed by atoms with Crippen LogP contribution < -0.4 is 5.32 Å². The number of H-pyrrole nitrogens is 1. The Labute approximate surface area is 85.1 Å². The molecule has 0 aliphatic rings. The Kier molecular flexibility index (Phi) is 8.81. The Morgan fingerprint density at radius 3 is 2.67 bits per heavy atom. The van der Waals surface area contributed by atoms with Gasteiger partial charge in [0.15, 0.2) is 0 Å². The molecule has 12 heavy (non-hydrogen) atoms. The van der Waals surface area contributed by atoms with Gasteiger partial charge in [-0.05, 0) is 26.0 Å². The van der Waals surface area contributed by atoms with Crippen LogP contribution in [0.2, 0.25) is 0 Å². The van der Waals surface area contributed by atoms with Crippen molar-refractivity contribution in [2.75, 3.05) is 7.05 Å². The lowest BCUT2D eigenvalue weighted by atomic mass is 10.1. The van der Waals surface area contributed by atoms with Crippen LogP contribution in [0, 0.1) is 0 Å². The third kappa shape index (κ3) is 4.59. The molecule has 1 unspecified atom stereocenters. The predicted octanol–water partition coefficient (Wildman–Crippen LogP) is 1.40. The third-order valence-corrected chi connectivity index (χ3v) is 1.59. The van der Waals surface area contributed by atoms with Crippen molar-refractivity contribution in [3.63, 3.8) is 0 Å². The highest BCUT2D eigenvalue weighted by atomic mass is 35.5. The highest BCUT2D eigenvalue weighted by molar-refractivity contribution is 5.85. The summed E-state index contributed by atoms with van der Waals surface area (Å²) in [5.74, 6) is 0. The maximum absolute atomic E-state index is 3.86. The fourth-order valence-corrected chi connectivity index (χ4v) is 0.845. The fraction of sp³-hybridized carbons (Fsp3) is 0.571. The molecular formula is C7H15Cl2N3. The molecule has 0 radical (unpaired) electrons. The number of hydrogen-bond donors (Lipinski definition) is 2. The zero-order valence-electron chi connectivity index (χ0n) is 7.20. The molecule has 0 aliphatic heterocycles. The molecule has 0 saturated heterocycles. The zero-order chi connectivity index (χ0) is 7.40. The van der Waals surface area contributed by atoms with Crippen molar-refractivity contribution in [2.24, 2.45) is 0 Å². The first kappa shape index (κ1) is 14.3. The first-order chi connectivity index (χ1) is 4.83. The lowest BCUT2D eigenvalue weighted by Gasteiger charge is -2.06. The minimum absolute atomic E-state index is 0. The highest BCUT2D eigenvalue weighted by Crippen LogP contribution is 1.97. The van der Waals surface area contributed by atoms with E-state index in [-0.39, 0.29) is 24.8 Å². The van der Waals surface area contributed by atoms with E-state index in [2.05, 4.69) is 22.4 Å². The maximum Gasteiger partial charge on any atom is 0.0519 e. The van der Waals surface area contributed by atoms with E-state index in [0.717, 1.165) is 6.42 Å². The molecule has 72 valence electrons. The molecule has 1 rings (SSSR count). The molecule has 0 spiro atoms. The van der Waals surface area contributed by atoms with Gasteiger partial charge in [0.2, 0.25) is 0 Å². The molecule has 1 aromatic rings. The van der Waals surface area contributed by atoms with Gasteiger partial charge in [0.25, 0.3) is 0 Å². The largest absolute Gasteiger partial charge is 0.317 e. The Morgan fingerprint density at radius 1 is 1.58 bits per heavy atom. The van der Waals surface area contributed by atoms with Crippen molar-refractivity contribution >= 4 is 24.8 Å². The Morgan fingerprint density at radius 2 is 2.25 bits per heavy atom. The van der Waals surface area contributed by atoms with Gasteiger partial charge < -0.3 is 5.32 Å². The molecule has 0 aliphatic carbocycles. The van der Waals surface area contributed by atoms with Crippen LogP contribution in [-0.2, 0) is 6.42 Å². The first-order valence-electron chi connectivity index (χ1n) is 3.48. The van der Waals surface area contributed by atoms with Crippen LogP contribution in [0.3, 0.4) is 0 Å². The molecule has 1 aromatic heterocycles. The maximum atomic E-state index is 3.86. The number of nitrogens with one attached hydrogen (secondary N) is 2. The SMILES string of the molecule is CNC(C)Cc1cn[nH]c1.Cl.Cl. The van der Waals surface area contributed by atoms with Gasteiger partial charge in [0, 0.05) is 12.2 Å². The van der Waals surface area contributed by atoms with E-state index in [0.29, 0.717) is 6.04 Å². The summed E-state index contributed by atoms with van der Waals surface area (Å²) in [6, 6.07) is 0.526. The fourth-order valence-electron chi connectivity index (χ4n) is 0.845. The average molecular weight is 212 g/mol. The van der Waals surface area contributed by atoms with Crippen LogP contribution in [0.25, 0.3) is 0 Å². The monoisotopic (exact) mass is 211 g/mol. The van der Waals surface area contributed by atoms with Crippen LogP contribution in [0.4, 0.5) is 0 Å². The predicted molar refractivity (Wildman–Crippen MR) is 55.3 cm³/mol. The number of hydrogen-bond acceptors (Lipinski definition) is 2. The summed E-state index contributed by atoms with van der Waals surface area (Å²) in [6.07, 6.45) is 4.81. The topological polar surface area (TPSA) is 40.7 Å². The minimum atomic E-state index is 0. The van der Waals surface area contributed by atoms with E-state index in [9.17, 15) is 0 Å². The summed E-state index contributed by atoms with van der Waals surface area (Å²) in [7, 11) is 1.96. The zero-order valence-corrected chi connectivity index (χ0v) is 8.84. The van der Waals surface area contributed by atoms with Crippen LogP contribution in [0.15, 0.2) is 12.4 Å². The molecule has 0 aromatic carbocycles. The van der Waals surface area contributed by atoms with Gasteiger partial charge in [-0.25, -0.2) is 0 Å². The van der Waals surface area contributed by atoms with Crippen LogP contribution >= 0.6 is 24.8 Å². The number of aromatic nitrogens is 2. The molecule has 0 fully saturated rings. The standard InChI is InChI=1S/C7H13N3.2ClH/c1-6(8-2)3-7-4-9-10-5-7;;/h4-6,8H,3H2,1-2H3,(H,9,10);2*1H. The lowest BCUT2D eigenvalue weighted by Crippen LogP contribution is -2.23. The second kappa shape index (κ2) is 7.40.